The fourth-order valence-electron chi connectivity index (χ4n) is 2.52. The predicted molar refractivity (Wildman–Crippen MR) is 99.4 cm³/mol. The van der Waals surface area contributed by atoms with Crippen molar-refractivity contribution in [3.63, 3.8) is 0 Å². The molecule has 0 saturated heterocycles. The molecule has 0 atom stereocenters. The molecule has 26 heavy (non-hydrogen) atoms. The van der Waals surface area contributed by atoms with Crippen molar-refractivity contribution in [2.24, 2.45) is 0 Å². The lowest BCUT2D eigenvalue weighted by Crippen LogP contribution is -2.30. The van der Waals surface area contributed by atoms with E-state index in [1.807, 2.05) is 54.6 Å². The quantitative estimate of drug-likeness (QED) is 0.473. The summed E-state index contributed by atoms with van der Waals surface area (Å²) in [4.78, 5) is 24.4. The van der Waals surface area contributed by atoms with Crippen LogP contribution in [-0.2, 0) is 14.3 Å². The van der Waals surface area contributed by atoms with Crippen LogP contribution in [-0.4, -0.2) is 31.6 Å². The third kappa shape index (κ3) is 4.72. The van der Waals surface area contributed by atoms with E-state index in [1.165, 1.54) is 0 Å². The third-order valence-electron chi connectivity index (χ3n) is 4.02. The lowest BCUT2D eigenvalue weighted by Gasteiger charge is -2.10. The summed E-state index contributed by atoms with van der Waals surface area (Å²) in [5, 5.41) is 2.80. The van der Waals surface area contributed by atoms with Crippen molar-refractivity contribution < 1.29 is 19.1 Å². The smallest absolute Gasteiger partial charge is 0.339 e. The number of esters is 1. The van der Waals surface area contributed by atoms with Crippen molar-refractivity contribution in [1.29, 1.82) is 0 Å². The van der Waals surface area contributed by atoms with Crippen molar-refractivity contribution in [3.8, 4) is 5.75 Å². The van der Waals surface area contributed by atoms with E-state index in [-0.39, 0.29) is 18.6 Å². The highest BCUT2D eigenvalue weighted by molar-refractivity contribution is 6.22. The van der Waals surface area contributed by atoms with Crippen LogP contribution >= 0.6 is 0 Å². The Morgan fingerprint density at radius 2 is 1.77 bits per heavy atom. The molecule has 0 radical (unpaired) electrons. The van der Waals surface area contributed by atoms with Crippen molar-refractivity contribution in [1.82, 2.24) is 5.32 Å². The van der Waals surface area contributed by atoms with Crippen molar-refractivity contribution in [3.05, 3.63) is 65.7 Å². The number of para-hydroxylation sites is 1. The van der Waals surface area contributed by atoms with Gasteiger partial charge in [0.1, 0.15) is 5.75 Å². The molecule has 5 heteroatoms. The van der Waals surface area contributed by atoms with Crippen LogP contribution < -0.4 is 10.1 Å². The molecule has 2 aromatic carbocycles. The number of nitrogens with one attached hydrogen (secondary N) is 1. The standard InChI is InChI=1S/C21H21NO4/c1-25-19-10-6-5-9-16(19)13-18(15-7-3-2-4-8-15)21(24)26-14-20(23)22-17-11-12-17/h2-10,13,17H,11-12,14H2,1H3,(H,22,23)/b18-13+. The van der Waals surface area contributed by atoms with Gasteiger partial charge in [-0.3, -0.25) is 4.79 Å². The first kappa shape index (κ1) is 17.7. The zero-order valence-electron chi connectivity index (χ0n) is 14.6. The normalized spacial score (nSPS) is 13.8. The molecule has 0 bridgehead atoms. The highest BCUT2D eigenvalue weighted by atomic mass is 16.5. The van der Waals surface area contributed by atoms with Crippen molar-refractivity contribution in [2.45, 2.75) is 18.9 Å². The monoisotopic (exact) mass is 351 g/mol. The average Bonchev–Trinajstić information content (AvgIpc) is 3.49. The van der Waals surface area contributed by atoms with E-state index in [0.29, 0.717) is 16.9 Å². The number of hydrogen-bond acceptors (Lipinski definition) is 4. The van der Waals surface area contributed by atoms with Gasteiger partial charge in [-0.1, -0.05) is 48.5 Å². The fourth-order valence-corrected chi connectivity index (χ4v) is 2.52. The van der Waals surface area contributed by atoms with E-state index < -0.39 is 5.97 Å². The molecule has 1 fully saturated rings. The molecular weight excluding hydrogens is 330 g/mol. The molecule has 5 nitrogen and oxygen atoms in total. The molecule has 0 aromatic heterocycles. The minimum atomic E-state index is -0.548. The molecule has 3 rings (SSSR count). The van der Waals surface area contributed by atoms with Crippen LogP contribution in [0.3, 0.4) is 0 Å². The van der Waals surface area contributed by atoms with Crippen LogP contribution in [0.15, 0.2) is 54.6 Å². The maximum atomic E-state index is 12.6. The first-order valence-electron chi connectivity index (χ1n) is 8.54. The first-order chi connectivity index (χ1) is 12.7. The van der Waals surface area contributed by atoms with Gasteiger partial charge in [0.05, 0.1) is 12.7 Å². The van der Waals surface area contributed by atoms with Crippen LogP contribution in [0.4, 0.5) is 0 Å². The van der Waals surface area contributed by atoms with Gasteiger partial charge in [-0.2, -0.15) is 0 Å². The van der Waals surface area contributed by atoms with Gasteiger partial charge in [0.15, 0.2) is 6.61 Å². The van der Waals surface area contributed by atoms with Gasteiger partial charge in [-0.15, -0.1) is 0 Å². The molecule has 2 aromatic rings. The molecular formula is C21H21NO4. The minimum absolute atomic E-state index is 0.235. The molecule has 0 spiro atoms. The zero-order valence-corrected chi connectivity index (χ0v) is 14.6. The van der Waals surface area contributed by atoms with Crippen LogP contribution in [0.1, 0.15) is 24.0 Å². The van der Waals surface area contributed by atoms with E-state index in [9.17, 15) is 9.59 Å². The fraction of sp³-hybridized carbons (Fsp3) is 0.238. The summed E-state index contributed by atoms with van der Waals surface area (Å²) in [6.45, 7) is -0.286. The molecule has 134 valence electrons. The number of carbonyl (C=O) groups is 2. The maximum Gasteiger partial charge on any atom is 0.339 e. The Morgan fingerprint density at radius 1 is 1.08 bits per heavy atom. The Bertz CT molecular complexity index is 810. The van der Waals surface area contributed by atoms with Crippen LogP contribution in [0.25, 0.3) is 11.6 Å². The SMILES string of the molecule is COc1ccccc1/C=C(/C(=O)OCC(=O)NC1CC1)c1ccccc1. The minimum Gasteiger partial charge on any atom is -0.496 e. The second kappa shape index (κ2) is 8.34. The van der Waals surface area contributed by atoms with Gasteiger partial charge >= 0.3 is 5.97 Å². The highest BCUT2D eigenvalue weighted by Gasteiger charge is 2.24. The Morgan fingerprint density at radius 3 is 2.46 bits per heavy atom. The number of methoxy groups -OCH3 is 1. The van der Waals surface area contributed by atoms with E-state index in [2.05, 4.69) is 5.32 Å². The van der Waals surface area contributed by atoms with Crippen LogP contribution in [0.5, 0.6) is 5.75 Å². The molecule has 1 amide bonds. The summed E-state index contributed by atoms with van der Waals surface area (Å²) in [6, 6.07) is 16.9. The number of ether oxygens (including phenoxy) is 2. The second-order valence-corrected chi connectivity index (χ2v) is 6.08. The van der Waals surface area contributed by atoms with Crippen molar-refractivity contribution in [2.75, 3.05) is 13.7 Å². The predicted octanol–water partition coefficient (Wildman–Crippen LogP) is 3.06. The Kier molecular flexibility index (Phi) is 5.69. The van der Waals surface area contributed by atoms with E-state index >= 15 is 0 Å². The molecule has 1 saturated carbocycles. The van der Waals surface area contributed by atoms with E-state index in [1.54, 1.807) is 13.2 Å². The maximum absolute atomic E-state index is 12.6. The molecule has 1 aliphatic carbocycles. The van der Waals surface area contributed by atoms with Gasteiger partial charge in [-0.05, 0) is 30.5 Å². The largest absolute Gasteiger partial charge is 0.496 e. The Hall–Kier alpha value is -3.08. The van der Waals surface area contributed by atoms with Gasteiger partial charge in [-0.25, -0.2) is 4.79 Å². The van der Waals surface area contributed by atoms with Gasteiger partial charge < -0.3 is 14.8 Å². The lowest BCUT2D eigenvalue weighted by atomic mass is 10.0. The zero-order chi connectivity index (χ0) is 18.4. The molecule has 0 unspecified atom stereocenters. The topological polar surface area (TPSA) is 64.6 Å². The van der Waals surface area contributed by atoms with Gasteiger partial charge in [0.2, 0.25) is 0 Å². The van der Waals surface area contributed by atoms with E-state index in [4.69, 9.17) is 9.47 Å². The first-order valence-corrected chi connectivity index (χ1v) is 8.54. The Labute approximate surface area is 152 Å². The number of amides is 1. The molecule has 0 heterocycles. The summed E-state index contributed by atoms with van der Waals surface area (Å²) < 4.78 is 10.6. The Balaban J connectivity index is 1.82. The van der Waals surface area contributed by atoms with E-state index in [0.717, 1.165) is 18.4 Å². The summed E-state index contributed by atoms with van der Waals surface area (Å²) in [7, 11) is 1.58. The summed E-state index contributed by atoms with van der Waals surface area (Å²) in [6.07, 6.45) is 3.70. The van der Waals surface area contributed by atoms with Gasteiger partial charge in [0.25, 0.3) is 5.91 Å². The van der Waals surface area contributed by atoms with Crippen LogP contribution in [0.2, 0.25) is 0 Å². The third-order valence-corrected chi connectivity index (χ3v) is 4.02. The summed E-state index contributed by atoms with van der Waals surface area (Å²) >= 11 is 0. The average molecular weight is 351 g/mol. The van der Waals surface area contributed by atoms with Gasteiger partial charge in [0, 0.05) is 11.6 Å². The number of rotatable bonds is 7. The number of carbonyl (C=O) groups excluding carboxylic acids is 2. The van der Waals surface area contributed by atoms with Crippen LogP contribution in [0, 0.1) is 0 Å². The summed E-state index contributed by atoms with van der Waals surface area (Å²) in [5.74, 6) is -0.168. The lowest BCUT2D eigenvalue weighted by molar-refractivity contribution is -0.142. The highest BCUT2D eigenvalue weighted by Crippen LogP contribution is 2.25. The molecule has 1 N–H and O–H groups in total. The molecule has 1 aliphatic rings. The number of benzene rings is 2. The summed E-state index contributed by atoms with van der Waals surface area (Å²) in [5.41, 5.74) is 1.84. The second-order valence-electron chi connectivity index (χ2n) is 6.08. The molecule has 0 aliphatic heterocycles. The number of hydrogen-bond donors (Lipinski definition) is 1. The van der Waals surface area contributed by atoms with Crippen molar-refractivity contribution >= 4 is 23.5 Å².